The van der Waals surface area contributed by atoms with Crippen molar-refractivity contribution in [3.8, 4) is 0 Å². The Kier molecular flexibility index (Phi) is 9.93. The van der Waals surface area contributed by atoms with Crippen molar-refractivity contribution in [2.24, 2.45) is 23.2 Å². The molecule has 3 aromatic carbocycles. The number of anilines is 2. The Bertz CT molecular complexity index is 1910. The summed E-state index contributed by atoms with van der Waals surface area (Å²) in [5.41, 5.74) is 5.70. The zero-order chi connectivity index (χ0) is 35.8. The van der Waals surface area contributed by atoms with Crippen molar-refractivity contribution in [3.63, 3.8) is 0 Å². The molecule has 3 aliphatic carbocycles. The smallest absolute Gasteiger partial charge is 0.293 e. The average molecular weight is 714 g/mol. The van der Waals surface area contributed by atoms with Crippen molar-refractivity contribution in [2.45, 2.75) is 51.0 Å². The lowest BCUT2D eigenvalue weighted by molar-refractivity contribution is -0.384. The van der Waals surface area contributed by atoms with Crippen LogP contribution in [0.1, 0.15) is 61.0 Å². The van der Waals surface area contributed by atoms with Crippen molar-refractivity contribution in [2.75, 3.05) is 56.2 Å². The predicted octanol–water partition coefficient (Wildman–Crippen LogP) is 6.32. The number of sulfonamides is 1. The highest BCUT2D eigenvalue weighted by atomic mass is 32.2. The highest BCUT2D eigenvalue weighted by molar-refractivity contribution is 7.90. The summed E-state index contributed by atoms with van der Waals surface area (Å²) in [6, 6.07) is 19.4. The minimum Gasteiger partial charge on any atom is -0.381 e. The summed E-state index contributed by atoms with van der Waals surface area (Å²) < 4.78 is 33.7. The van der Waals surface area contributed by atoms with Crippen LogP contribution in [-0.4, -0.2) is 70.1 Å². The first-order chi connectivity index (χ1) is 24.5. The Labute approximate surface area is 300 Å². The number of nitro benzene ring substituents is 1. The van der Waals surface area contributed by atoms with E-state index < -0.39 is 20.9 Å². The Morgan fingerprint density at radius 2 is 1.73 bits per heavy atom. The summed E-state index contributed by atoms with van der Waals surface area (Å²) in [6.07, 6.45) is 6.67. The van der Waals surface area contributed by atoms with Gasteiger partial charge >= 0.3 is 0 Å². The fraction of sp³-hybridized carbons (Fsp3) is 0.462. The van der Waals surface area contributed by atoms with Crippen molar-refractivity contribution >= 4 is 38.6 Å². The van der Waals surface area contributed by atoms with Crippen LogP contribution in [0.15, 0.2) is 77.7 Å². The fourth-order valence-corrected chi connectivity index (χ4v) is 9.24. The molecular formula is C39H47N5O6S. The summed E-state index contributed by atoms with van der Waals surface area (Å²) in [5, 5.41) is 14.9. The largest absolute Gasteiger partial charge is 0.381 e. The van der Waals surface area contributed by atoms with Gasteiger partial charge in [-0.15, -0.1) is 0 Å². The lowest BCUT2D eigenvalue weighted by Crippen LogP contribution is -2.48. The van der Waals surface area contributed by atoms with Crippen LogP contribution in [-0.2, 0) is 21.3 Å². The molecule has 5 aliphatic rings. The number of nitro groups is 1. The number of nitrogens with one attached hydrogen (secondary N) is 2. The Morgan fingerprint density at radius 3 is 2.41 bits per heavy atom. The van der Waals surface area contributed by atoms with Crippen molar-refractivity contribution < 1.29 is 22.9 Å². The summed E-state index contributed by atoms with van der Waals surface area (Å²) in [4.78, 5) is 28.6. The molecule has 1 amide bonds. The van der Waals surface area contributed by atoms with E-state index >= 15 is 0 Å². The molecule has 3 aromatic rings. The van der Waals surface area contributed by atoms with Crippen LogP contribution in [0.25, 0.3) is 5.57 Å². The van der Waals surface area contributed by atoms with E-state index in [1.807, 2.05) is 12.1 Å². The monoisotopic (exact) mass is 713 g/mol. The minimum atomic E-state index is -4.36. The molecule has 2 unspecified atom stereocenters. The Balaban J connectivity index is 0.940. The van der Waals surface area contributed by atoms with Gasteiger partial charge in [-0.05, 0) is 102 Å². The number of piperazine rings is 1. The van der Waals surface area contributed by atoms with Crippen LogP contribution in [0.3, 0.4) is 0 Å². The van der Waals surface area contributed by atoms with E-state index in [1.54, 1.807) is 12.1 Å². The maximum absolute atomic E-state index is 13.1. The average Bonchev–Trinajstić information content (AvgIpc) is 3.14. The second kappa shape index (κ2) is 14.4. The molecule has 2 heterocycles. The quantitative estimate of drug-likeness (QED) is 0.173. The fourth-order valence-electron chi connectivity index (χ4n) is 8.25. The molecule has 0 aromatic heterocycles. The number of allylic oxidation sites excluding steroid dienone is 2. The maximum Gasteiger partial charge on any atom is 0.293 e. The van der Waals surface area contributed by atoms with Crippen molar-refractivity contribution in [1.82, 2.24) is 9.62 Å². The van der Waals surface area contributed by atoms with E-state index in [9.17, 15) is 23.3 Å². The SMILES string of the molecule is CC1(C)C2CC=C(c3ccccc3CN3CCN(c4ccc(C(=O)NS(=O)(=O)c5ccc(NCC6CCOCC6)c([N+](=O)[O-])c5)cc4)CC3)C1C2. The zero-order valence-corrected chi connectivity index (χ0v) is 30.2. The molecule has 11 nitrogen and oxygen atoms in total. The third kappa shape index (κ3) is 7.40. The topological polar surface area (TPSA) is 134 Å². The number of benzene rings is 3. The highest BCUT2D eigenvalue weighted by Crippen LogP contribution is 2.61. The van der Waals surface area contributed by atoms with Gasteiger partial charge in [0.2, 0.25) is 0 Å². The summed E-state index contributed by atoms with van der Waals surface area (Å²) in [5.74, 6) is 0.964. The van der Waals surface area contributed by atoms with E-state index in [0.717, 1.165) is 63.2 Å². The molecule has 2 bridgehead atoms. The summed E-state index contributed by atoms with van der Waals surface area (Å²) in [6.45, 7) is 11.0. The van der Waals surface area contributed by atoms with Gasteiger partial charge in [0.25, 0.3) is 21.6 Å². The molecule has 51 heavy (non-hydrogen) atoms. The normalized spacial score (nSPS) is 22.1. The lowest BCUT2D eigenvalue weighted by atomic mass is 9.48. The number of hydrogen-bond donors (Lipinski definition) is 2. The van der Waals surface area contributed by atoms with Gasteiger partial charge < -0.3 is 15.0 Å². The maximum atomic E-state index is 13.1. The second-order valence-corrected chi connectivity index (χ2v) is 16.7. The van der Waals surface area contributed by atoms with Gasteiger partial charge in [0.05, 0.1) is 9.82 Å². The number of nitrogens with zero attached hydrogens (tertiary/aromatic N) is 3. The first-order valence-electron chi connectivity index (χ1n) is 18.0. The molecule has 2 atom stereocenters. The molecule has 3 fully saturated rings. The van der Waals surface area contributed by atoms with E-state index in [2.05, 4.69) is 64.0 Å². The standard InChI is InChI=1S/C39H47N5O6S/c1-39(2)30-9-13-34(35(39)23-30)33-6-4-3-5-29(33)26-42-17-19-43(20-18-42)31-10-7-28(8-11-31)38(45)41-51(48,49)32-12-14-36(37(24-32)44(46)47)40-25-27-15-21-50-22-16-27/h3-8,10-14,24,27,30,35,40H,9,15-23,25-26H2,1-2H3,(H,41,45). The van der Waals surface area contributed by atoms with Gasteiger partial charge in [-0.3, -0.25) is 19.8 Å². The van der Waals surface area contributed by atoms with Gasteiger partial charge in [-0.25, -0.2) is 13.1 Å². The molecule has 0 radical (unpaired) electrons. The number of rotatable bonds is 11. The van der Waals surface area contributed by atoms with Gasteiger partial charge in [0, 0.05) is 69.8 Å². The van der Waals surface area contributed by atoms with Crippen LogP contribution in [0, 0.1) is 33.3 Å². The van der Waals surface area contributed by atoms with Gasteiger partial charge in [-0.2, -0.15) is 0 Å². The number of hydrogen-bond acceptors (Lipinski definition) is 9. The Morgan fingerprint density at radius 1 is 1.00 bits per heavy atom. The molecule has 8 rings (SSSR count). The number of carbonyl (C=O) groups is 1. The number of carbonyl (C=O) groups excluding carboxylic acids is 1. The van der Waals surface area contributed by atoms with E-state index in [0.29, 0.717) is 37.0 Å². The number of fused-ring (bicyclic) bond motifs is 1. The third-order valence-corrected chi connectivity index (χ3v) is 13.0. The molecule has 270 valence electrons. The second-order valence-electron chi connectivity index (χ2n) is 15.0. The molecule has 2 saturated heterocycles. The minimum absolute atomic E-state index is 0.180. The van der Waals surface area contributed by atoms with E-state index in [1.165, 1.54) is 41.7 Å². The van der Waals surface area contributed by atoms with E-state index in [4.69, 9.17) is 4.74 Å². The highest BCUT2D eigenvalue weighted by Gasteiger charge is 2.51. The molecule has 2 aliphatic heterocycles. The molecular weight excluding hydrogens is 667 g/mol. The van der Waals surface area contributed by atoms with Gasteiger partial charge in [0.1, 0.15) is 5.69 Å². The summed E-state index contributed by atoms with van der Waals surface area (Å²) in [7, 11) is -4.36. The van der Waals surface area contributed by atoms with Crippen LogP contribution in [0.5, 0.6) is 0 Å². The van der Waals surface area contributed by atoms with Crippen LogP contribution >= 0.6 is 0 Å². The van der Waals surface area contributed by atoms with Crippen molar-refractivity contribution in [1.29, 1.82) is 0 Å². The molecule has 12 heteroatoms. The van der Waals surface area contributed by atoms with Crippen LogP contribution < -0.4 is 14.9 Å². The molecule has 0 spiro atoms. The van der Waals surface area contributed by atoms with E-state index in [-0.39, 0.29) is 21.8 Å². The number of amides is 1. The Hall–Kier alpha value is -4.26. The van der Waals surface area contributed by atoms with Crippen LogP contribution in [0.2, 0.25) is 0 Å². The van der Waals surface area contributed by atoms with Crippen LogP contribution in [0.4, 0.5) is 17.1 Å². The molecule has 2 N–H and O–H groups in total. The van der Waals surface area contributed by atoms with Gasteiger partial charge in [0.15, 0.2) is 0 Å². The number of ether oxygens (including phenoxy) is 1. The first kappa shape index (κ1) is 35.2. The molecule has 1 saturated carbocycles. The summed E-state index contributed by atoms with van der Waals surface area (Å²) >= 11 is 0. The van der Waals surface area contributed by atoms with Crippen molar-refractivity contribution in [3.05, 3.63) is 99.6 Å². The predicted molar refractivity (Wildman–Crippen MR) is 198 cm³/mol. The zero-order valence-electron chi connectivity index (χ0n) is 29.3. The third-order valence-electron chi connectivity index (χ3n) is 11.7. The van der Waals surface area contributed by atoms with Gasteiger partial charge in [-0.1, -0.05) is 44.2 Å². The lowest BCUT2D eigenvalue weighted by Gasteiger charge is -2.56. The first-order valence-corrected chi connectivity index (χ1v) is 19.5.